The van der Waals surface area contributed by atoms with E-state index in [1.165, 1.54) is 0 Å². The average molecular weight is 232 g/mol. The van der Waals surface area contributed by atoms with Gasteiger partial charge in [-0.15, -0.1) is 0 Å². The Balaban J connectivity index is 3.01. The average Bonchev–Trinajstić information content (AvgIpc) is 2.20. The fraction of sp³-hybridized carbons (Fsp3) is 0.455. The van der Waals surface area contributed by atoms with E-state index in [-0.39, 0.29) is 0 Å². The molecule has 0 heterocycles. The van der Waals surface area contributed by atoms with Gasteiger partial charge in [0.1, 0.15) is 0 Å². The van der Waals surface area contributed by atoms with Crippen molar-refractivity contribution in [2.75, 3.05) is 6.54 Å². The summed E-state index contributed by atoms with van der Waals surface area (Å²) in [4.78, 5) is 0. The Bertz CT molecular complexity index is 312. The molecule has 2 unspecified atom stereocenters. The van der Waals surface area contributed by atoms with Gasteiger partial charge in [0.2, 0.25) is 0 Å². The van der Waals surface area contributed by atoms with Crippen LogP contribution in [0.25, 0.3) is 0 Å². The van der Waals surface area contributed by atoms with E-state index in [9.17, 15) is 0 Å². The summed E-state index contributed by atoms with van der Waals surface area (Å²) in [5, 5.41) is 1.27. The normalized spacial score (nSPS) is 15.2. The first kappa shape index (κ1) is 11.8. The summed E-state index contributed by atoms with van der Waals surface area (Å²) >= 11 is 12.1. The fourth-order valence-corrected chi connectivity index (χ4v) is 1.86. The molecule has 0 saturated carbocycles. The Labute approximate surface area is 95.2 Å². The molecule has 0 amide bonds. The van der Waals surface area contributed by atoms with Gasteiger partial charge in [-0.05, 0) is 30.0 Å². The van der Waals surface area contributed by atoms with Gasteiger partial charge in [-0.3, -0.25) is 0 Å². The SMILES string of the molecule is CC(CN)C(C)c1cccc(Cl)c1Cl. The molecule has 1 nitrogen and oxygen atoms in total. The van der Waals surface area contributed by atoms with Crippen molar-refractivity contribution in [3.05, 3.63) is 33.8 Å². The molecule has 14 heavy (non-hydrogen) atoms. The topological polar surface area (TPSA) is 26.0 Å². The van der Waals surface area contributed by atoms with Gasteiger partial charge in [-0.1, -0.05) is 49.2 Å². The van der Waals surface area contributed by atoms with Crippen LogP contribution in [0.3, 0.4) is 0 Å². The molecule has 0 fully saturated rings. The molecule has 3 heteroatoms. The van der Waals surface area contributed by atoms with Crippen LogP contribution >= 0.6 is 23.2 Å². The lowest BCUT2D eigenvalue weighted by molar-refractivity contribution is 0.499. The molecule has 0 bridgehead atoms. The summed E-state index contributed by atoms with van der Waals surface area (Å²) in [5.74, 6) is 0.747. The number of nitrogens with two attached hydrogens (primary N) is 1. The van der Waals surface area contributed by atoms with Gasteiger partial charge in [0, 0.05) is 0 Å². The van der Waals surface area contributed by atoms with Crippen molar-refractivity contribution in [3.8, 4) is 0 Å². The van der Waals surface area contributed by atoms with Crippen LogP contribution < -0.4 is 5.73 Å². The van der Waals surface area contributed by atoms with Gasteiger partial charge in [0.25, 0.3) is 0 Å². The third-order valence-electron chi connectivity index (χ3n) is 2.70. The minimum absolute atomic E-state index is 0.339. The summed E-state index contributed by atoms with van der Waals surface area (Å²) in [6, 6.07) is 5.72. The number of benzene rings is 1. The second kappa shape index (κ2) is 5.01. The molecular formula is C11H15Cl2N. The van der Waals surface area contributed by atoms with Crippen molar-refractivity contribution >= 4 is 23.2 Å². The van der Waals surface area contributed by atoms with Crippen LogP contribution in [0.15, 0.2) is 18.2 Å². The fourth-order valence-electron chi connectivity index (χ4n) is 1.38. The maximum atomic E-state index is 6.12. The van der Waals surface area contributed by atoms with Crippen LogP contribution in [-0.2, 0) is 0 Å². The minimum Gasteiger partial charge on any atom is -0.330 e. The molecule has 1 aromatic rings. The summed E-state index contributed by atoms with van der Waals surface area (Å²) < 4.78 is 0. The highest BCUT2D eigenvalue weighted by atomic mass is 35.5. The summed E-state index contributed by atoms with van der Waals surface area (Å²) in [5.41, 5.74) is 6.70. The van der Waals surface area contributed by atoms with Gasteiger partial charge in [0.15, 0.2) is 0 Å². The van der Waals surface area contributed by atoms with E-state index in [1.54, 1.807) is 6.07 Å². The molecule has 0 radical (unpaired) electrons. The van der Waals surface area contributed by atoms with Gasteiger partial charge >= 0.3 is 0 Å². The van der Waals surface area contributed by atoms with Crippen LogP contribution in [0.2, 0.25) is 10.0 Å². The smallest absolute Gasteiger partial charge is 0.0627 e. The lowest BCUT2D eigenvalue weighted by Gasteiger charge is -2.20. The predicted octanol–water partition coefficient (Wildman–Crippen LogP) is 3.69. The highest BCUT2D eigenvalue weighted by Crippen LogP contribution is 2.33. The summed E-state index contributed by atoms with van der Waals surface area (Å²) in [6.07, 6.45) is 0. The maximum absolute atomic E-state index is 6.12. The van der Waals surface area contributed by atoms with E-state index in [0.29, 0.717) is 28.4 Å². The molecule has 0 aliphatic carbocycles. The van der Waals surface area contributed by atoms with Gasteiger partial charge in [-0.25, -0.2) is 0 Å². The number of hydrogen-bond acceptors (Lipinski definition) is 1. The lowest BCUT2D eigenvalue weighted by atomic mass is 9.89. The third-order valence-corrected chi connectivity index (χ3v) is 3.53. The monoisotopic (exact) mass is 231 g/mol. The van der Waals surface area contributed by atoms with Gasteiger partial charge in [-0.2, -0.15) is 0 Å². The van der Waals surface area contributed by atoms with E-state index in [2.05, 4.69) is 13.8 Å². The van der Waals surface area contributed by atoms with Crippen molar-refractivity contribution in [2.45, 2.75) is 19.8 Å². The largest absolute Gasteiger partial charge is 0.330 e. The van der Waals surface area contributed by atoms with Crippen molar-refractivity contribution in [1.82, 2.24) is 0 Å². The molecule has 0 aromatic heterocycles. The first-order chi connectivity index (χ1) is 6.57. The quantitative estimate of drug-likeness (QED) is 0.844. The number of rotatable bonds is 3. The Kier molecular flexibility index (Phi) is 4.24. The van der Waals surface area contributed by atoms with E-state index in [0.717, 1.165) is 5.56 Å². The standard InChI is InChI=1S/C11H15Cl2N/c1-7(6-14)8(2)9-4-3-5-10(12)11(9)13/h3-5,7-8H,6,14H2,1-2H3. The predicted molar refractivity (Wildman–Crippen MR) is 63.1 cm³/mol. The zero-order valence-corrected chi connectivity index (χ0v) is 9.94. The molecular weight excluding hydrogens is 217 g/mol. The van der Waals surface area contributed by atoms with Crippen molar-refractivity contribution < 1.29 is 0 Å². The number of halogens is 2. The minimum atomic E-state index is 0.339. The third kappa shape index (κ3) is 2.41. The Morgan fingerprint density at radius 2 is 1.93 bits per heavy atom. The first-order valence-corrected chi connectivity index (χ1v) is 5.47. The second-order valence-electron chi connectivity index (χ2n) is 3.64. The summed E-state index contributed by atoms with van der Waals surface area (Å²) in [6.45, 7) is 4.89. The van der Waals surface area contributed by atoms with Crippen LogP contribution in [0.1, 0.15) is 25.3 Å². The van der Waals surface area contributed by atoms with Crippen molar-refractivity contribution in [1.29, 1.82) is 0 Å². The lowest BCUT2D eigenvalue weighted by Crippen LogP contribution is -2.17. The molecule has 0 aliphatic rings. The molecule has 0 aliphatic heterocycles. The summed E-state index contributed by atoms with van der Waals surface area (Å²) in [7, 11) is 0. The zero-order chi connectivity index (χ0) is 10.7. The Hall–Kier alpha value is -0.240. The molecule has 0 saturated heterocycles. The first-order valence-electron chi connectivity index (χ1n) is 4.72. The number of hydrogen-bond donors (Lipinski definition) is 1. The maximum Gasteiger partial charge on any atom is 0.0627 e. The van der Waals surface area contributed by atoms with E-state index < -0.39 is 0 Å². The second-order valence-corrected chi connectivity index (χ2v) is 4.43. The van der Waals surface area contributed by atoms with Crippen LogP contribution in [0.4, 0.5) is 0 Å². The molecule has 1 rings (SSSR count). The molecule has 2 atom stereocenters. The van der Waals surface area contributed by atoms with E-state index >= 15 is 0 Å². The van der Waals surface area contributed by atoms with Gasteiger partial charge in [0.05, 0.1) is 10.0 Å². The van der Waals surface area contributed by atoms with E-state index in [4.69, 9.17) is 28.9 Å². The Morgan fingerprint density at radius 1 is 1.29 bits per heavy atom. The zero-order valence-electron chi connectivity index (χ0n) is 8.43. The van der Waals surface area contributed by atoms with Crippen LogP contribution in [0, 0.1) is 5.92 Å². The van der Waals surface area contributed by atoms with Crippen LogP contribution in [-0.4, -0.2) is 6.54 Å². The van der Waals surface area contributed by atoms with Crippen molar-refractivity contribution in [3.63, 3.8) is 0 Å². The highest BCUT2D eigenvalue weighted by molar-refractivity contribution is 6.42. The van der Waals surface area contributed by atoms with E-state index in [1.807, 2.05) is 12.1 Å². The molecule has 2 N–H and O–H groups in total. The van der Waals surface area contributed by atoms with Crippen LogP contribution in [0.5, 0.6) is 0 Å². The highest BCUT2D eigenvalue weighted by Gasteiger charge is 2.16. The molecule has 0 spiro atoms. The Morgan fingerprint density at radius 3 is 2.50 bits per heavy atom. The molecule has 1 aromatic carbocycles. The van der Waals surface area contributed by atoms with Gasteiger partial charge < -0.3 is 5.73 Å². The van der Waals surface area contributed by atoms with Crippen molar-refractivity contribution in [2.24, 2.45) is 11.7 Å². The molecule has 78 valence electrons.